The number of hydrogen-bond donors (Lipinski definition) is 2. The maximum absolute atomic E-state index is 11.6. The highest BCUT2D eigenvalue weighted by Crippen LogP contribution is 2.12. The first-order valence-corrected chi connectivity index (χ1v) is 5.71. The third-order valence-electron chi connectivity index (χ3n) is 2.15. The zero-order valence-corrected chi connectivity index (χ0v) is 11.0. The van der Waals surface area contributed by atoms with Gasteiger partial charge in [-0.25, -0.2) is 0 Å². The maximum atomic E-state index is 11.6. The Morgan fingerprint density at radius 1 is 1.27 bits per heavy atom. The minimum Gasteiger partial charge on any atom is -0.358 e. The van der Waals surface area contributed by atoms with Gasteiger partial charge in [0.1, 0.15) is 0 Å². The summed E-state index contributed by atoms with van der Waals surface area (Å²) in [6.45, 7) is 11.6. The Hall–Kier alpha value is -0.570. The van der Waals surface area contributed by atoms with Crippen molar-refractivity contribution in [3.8, 4) is 0 Å². The predicted octanol–water partition coefficient (Wildman–Crippen LogP) is 1.78. The first kappa shape index (κ1) is 14.4. The lowest BCUT2D eigenvalue weighted by molar-refractivity contribution is -0.123. The molecule has 0 spiro atoms. The molecule has 1 amide bonds. The fourth-order valence-electron chi connectivity index (χ4n) is 1.36. The standard InChI is InChI=1S/C12H26N2O/c1-9(2)7-10(11(15)13-6)14-8-12(3,4)5/h9-10,14H,7-8H2,1-6H3,(H,13,15). The smallest absolute Gasteiger partial charge is 0.236 e. The van der Waals surface area contributed by atoms with E-state index in [0.717, 1.165) is 13.0 Å². The third kappa shape index (κ3) is 7.37. The van der Waals surface area contributed by atoms with E-state index in [1.807, 2.05) is 0 Å². The van der Waals surface area contributed by atoms with Crippen LogP contribution < -0.4 is 10.6 Å². The predicted molar refractivity (Wildman–Crippen MR) is 64.8 cm³/mol. The summed E-state index contributed by atoms with van der Waals surface area (Å²) in [5, 5.41) is 6.03. The largest absolute Gasteiger partial charge is 0.358 e. The maximum Gasteiger partial charge on any atom is 0.236 e. The average molecular weight is 214 g/mol. The molecular weight excluding hydrogens is 188 g/mol. The number of hydrogen-bond acceptors (Lipinski definition) is 2. The summed E-state index contributed by atoms with van der Waals surface area (Å²) in [7, 11) is 1.69. The monoisotopic (exact) mass is 214 g/mol. The van der Waals surface area contributed by atoms with Crippen LogP contribution in [0.1, 0.15) is 41.0 Å². The number of nitrogens with one attached hydrogen (secondary N) is 2. The molecule has 0 radical (unpaired) electrons. The van der Waals surface area contributed by atoms with Crippen LogP contribution in [0.3, 0.4) is 0 Å². The molecule has 3 nitrogen and oxygen atoms in total. The molecule has 3 heteroatoms. The Labute approximate surface area is 94.0 Å². The van der Waals surface area contributed by atoms with E-state index in [9.17, 15) is 4.79 Å². The fourth-order valence-corrected chi connectivity index (χ4v) is 1.36. The van der Waals surface area contributed by atoms with Gasteiger partial charge < -0.3 is 10.6 Å². The van der Waals surface area contributed by atoms with Crippen molar-refractivity contribution in [1.82, 2.24) is 10.6 Å². The van der Waals surface area contributed by atoms with E-state index < -0.39 is 0 Å². The highest BCUT2D eigenvalue weighted by molar-refractivity contribution is 5.81. The van der Waals surface area contributed by atoms with Gasteiger partial charge in [0, 0.05) is 13.6 Å². The minimum absolute atomic E-state index is 0.0609. The molecule has 0 bridgehead atoms. The van der Waals surface area contributed by atoms with E-state index in [-0.39, 0.29) is 17.4 Å². The molecule has 0 fully saturated rings. The van der Waals surface area contributed by atoms with Gasteiger partial charge in [0.05, 0.1) is 6.04 Å². The number of likely N-dealkylation sites (N-methyl/N-ethyl adjacent to an activating group) is 1. The van der Waals surface area contributed by atoms with E-state index in [0.29, 0.717) is 5.92 Å². The van der Waals surface area contributed by atoms with Gasteiger partial charge in [-0.05, 0) is 17.8 Å². The lowest BCUT2D eigenvalue weighted by atomic mass is 9.95. The van der Waals surface area contributed by atoms with Gasteiger partial charge in [-0.1, -0.05) is 34.6 Å². The summed E-state index contributed by atoms with van der Waals surface area (Å²) in [5.74, 6) is 0.618. The Bertz CT molecular complexity index is 194. The number of rotatable bonds is 5. The molecule has 90 valence electrons. The number of carbonyl (C=O) groups is 1. The summed E-state index contributed by atoms with van der Waals surface area (Å²) < 4.78 is 0. The van der Waals surface area contributed by atoms with Crippen LogP contribution in [0.5, 0.6) is 0 Å². The third-order valence-corrected chi connectivity index (χ3v) is 2.15. The van der Waals surface area contributed by atoms with Crippen molar-refractivity contribution in [3.05, 3.63) is 0 Å². The van der Waals surface area contributed by atoms with Gasteiger partial charge in [-0.15, -0.1) is 0 Å². The second-order valence-corrected chi connectivity index (χ2v) is 5.74. The van der Waals surface area contributed by atoms with Crippen molar-refractivity contribution >= 4 is 5.91 Å². The van der Waals surface area contributed by atoms with Crippen molar-refractivity contribution in [2.75, 3.05) is 13.6 Å². The Morgan fingerprint density at radius 3 is 2.13 bits per heavy atom. The normalized spacial score (nSPS) is 14.1. The summed E-state index contributed by atoms with van der Waals surface area (Å²) in [6.07, 6.45) is 0.885. The average Bonchev–Trinajstić information content (AvgIpc) is 2.09. The molecule has 0 aliphatic carbocycles. The van der Waals surface area contributed by atoms with Crippen molar-refractivity contribution in [1.29, 1.82) is 0 Å². The topological polar surface area (TPSA) is 41.1 Å². The van der Waals surface area contributed by atoms with E-state index in [1.54, 1.807) is 7.05 Å². The van der Waals surface area contributed by atoms with Crippen LogP contribution >= 0.6 is 0 Å². The molecule has 0 aliphatic rings. The van der Waals surface area contributed by atoms with E-state index in [4.69, 9.17) is 0 Å². The van der Waals surface area contributed by atoms with Crippen molar-refractivity contribution in [3.63, 3.8) is 0 Å². The second kappa shape index (κ2) is 6.11. The fraction of sp³-hybridized carbons (Fsp3) is 0.917. The molecule has 0 aromatic heterocycles. The first-order chi connectivity index (χ1) is 6.76. The van der Waals surface area contributed by atoms with Crippen LogP contribution in [0, 0.1) is 11.3 Å². The van der Waals surface area contributed by atoms with Gasteiger partial charge >= 0.3 is 0 Å². The Balaban J connectivity index is 4.19. The molecule has 0 aliphatic heterocycles. The van der Waals surface area contributed by atoms with Gasteiger partial charge in [0.15, 0.2) is 0 Å². The zero-order valence-electron chi connectivity index (χ0n) is 11.0. The molecule has 0 saturated heterocycles. The summed E-state index contributed by atoms with van der Waals surface area (Å²) >= 11 is 0. The molecule has 0 aromatic carbocycles. The molecule has 0 saturated carbocycles. The molecule has 1 atom stereocenters. The van der Waals surface area contributed by atoms with Gasteiger partial charge in [0.2, 0.25) is 5.91 Å². The van der Waals surface area contributed by atoms with Crippen LogP contribution in [-0.4, -0.2) is 25.5 Å². The molecule has 2 N–H and O–H groups in total. The van der Waals surface area contributed by atoms with E-state index in [1.165, 1.54) is 0 Å². The van der Waals surface area contributed by atoms with Gasteiger partial charge in [-0.2, -0.15) is 0 Å². The van der Waals surface area contributed by atoms with Crippen molar-refractivity contribution in [2.45, 2.75) is 47.1 Å². The minimum atomic E-state index is -0.0609. The lowest BCUT2D eigenvalue weighted by Crippen LogP contribution is -2.46. The molecular formula is C12H26N2O. The van der Waals surface area contributed by atoms with Crippen LogP contribution in [0.25, 0.3) is 0 Å². The Morgan fingerprint density at radius 2 is 1.80 bits per heavy atom. The summed E-state index contributed by atoms with van der Waals surface area (Å²) in [5.41, 5.74) is 0.212. The highest BCUT2D eigenvalue weighted by Gasteiger charge is 2.20. The van der Waals surface area contributed by atoms with E-state index >= 15 is 0 Å². The SMILES string of the molecule is CNC(=O)C(CC(C)C)NCC(C)(C)C. The zero-order chi connectivity index (χ0) is 12.1. The Kier molecular flexibility index (Phi) is 5.88. The number of carbonyl (C=O) groups excluding carboxylic acids is 1. The van der Waals surface area contributed by atoms with Crippen LogP contribution in [-0.2, 0) is 4.79 Å². The van der Waals surface area contributed by atoms with Crippen molar-refractivity contribution in [2.24, 2.45) is 11.3 Å². The van der Waals surface area contributed by atoms with Crippen molar-refractivity contribution < 1.29 is 4.79 Å². The first-order valence-electron chi connectivity index (χ1n) is 5.71. The molecule has 0 aromatic rings. The lowest BCUT2D eigenvalue weighted by Gasteiger charge is -2.25. The molecule has 0 heterocycles. The van der Waals surface area contributed by atoms with Gasteiger partial charge in [-0.3, -0.25) is 4.79 Å². The highest BCUT2D eigenvalue weighted by atomic mass is 16.2. The molecule has 0 rings (SSSR count). The molecule has 15 heavy (non-hydrogen) atoms. The van der Waals surface area contributed by atoms with Crippen LogP contribution in [0.4, 0.5) is 0 Å². The summed E-state index contributed by atoms with van der Waals surface area (Å²) in [4.78, 5) is 11.6. The number of amides is 1. The summed E-state index contributed by atoms with van der Waals surface area (Å²) in [6, 6.07) is -0.0609. The van der Waals surface area contributed by atoms with Crippen LogP contribution in [0.2, 0.25) is 0 Å². The van der Waals surface area contributed by atoms with Crippen LogP contribution in [0.15, 0.2) is 0 Å². The second-order valence-electron chi connectivity index (χ2n) is 5.74. The van der Waals surface area contributed by atoms with E-state index in [2.05, 4.69) is 45.3 Å². The molecule has 1 unspecified atom stereocenters. The quantitative estimate of drug-likeness (QED) is 0.732. The van der Waals surface area contributed by atoms with Gasteiger partial charge in [0.25, 0.3) is 0 Å².